The summed E-state index contributed by atoms with van der Waals surface area (Å²) in [4.78, 5) is 19.3. The van der Waals surface area contributed by atoms with Gasteiger partial charge in [0.1, 0.15) is 12.2 Å². The summed E-state index contributed by atoms with van der Waals surface area (Å²) in [7, 11) is 0. The van der Waals surface area contributed by atoms with Crippen LogP contribution in [-0.2, 0) is 31.3 Å². The molecule has 0 aromatic carbocycles. The molecule has 0 saturated heterocycles. The smallest absolute Gasteiger partial charge is 0.547 e. The Morgan fingerprint density at radius 1 is 1.00 bits per heavy atom. The first-order valence-electron chi connectivity index (χ1n) is 2.24. The molecule has 2 atom stereocenters. The zero-order chi connectivity index (χ0) is 8.31. The van der Waals surface area contributed by atoms with Crippen LogP contribution in [0.1, 0.15) is 0 Å². The minimum Gasteiger partial charge on any atom is -0.547 e. The van der Waals surface area contributed by atoms with Gasteiger partial charge in [0.2, 0.25) is 0 Å². The molecule has 0 radical (unpaired) electrons. The van der Waals surface area contributed by atoms with Crippen molar-refractivity contribution in [3.8, 4) is 0 Å². The summed E-state index contributed by atoms with van der Waals surface area (Å²) in [6.45, 7) is 0. The number of carbonyl (C=O) groups excluding carboxylic acids is 2. The molecule has 0 amide bonds. The van der Waals surface area contributed by atoms with Crippen LogP contribution in [-0.4, -0.2) is 34.4 Å². The summed E-state index contributed by atoms with van der Waals surface area (Å²) < 4.78 is 0. The van der Waals surface area contributed by atoms with Crippen LogP contribution in [0, 0.1) is 0 Å². The molecule has 2 unspecified atom stereocenters. The number of carboxylic acid groups (broad SMARTS) is 2. The second-order valence-corrected chi connectivity index (χ2v) is 1.53. The van der Waals surface area contributed by atoms with Crippen molar-refractivity contribution in [3.05, 3.63) is 0 Å². The van der Waals surface area contributed by atoms with Gasteiger partial charge >= 0.3 is 21.7 Å². The molecule has 0 rings (SSSR count). The van der Waals surface area contributed by atoms with Gasteiger partial charge in [0.25, 0.3) is 0 Å². The van der Waals surface area contributed by atoms with Crippen molar-refractivity contribution in [1.82, 2.24) is 0 Å². The Labute approximate surface area is 76.3 Å². The second-order valence-electron chi connectivity index (χ2n) is 1.53. The minimum absolute atomic E-state index is 0. The molecule has 0 aromatic rings. The van der Waals surface area contributed by atoms with Crippen molar-refractivity contribution < 1.29 is 51.7 Å². The number of aliphatic carboxylic acids is 2. The molecule has 0 aliphatic rings. The van der Waals surface area contributed by atoms with Crippen LogP contribution in [0.5, 0.6) is 0 Å². The van der Waals surface area contributed by atoms with Crippen molar-refractivity contribution >= 4 is 11.9 Å². The molecule has 7 heteroatoms. The van der Waals surface area contributed by atoms with Gasteiger partial charge in [-0.3, -0.25) is 0 Å². The molecule has 0 aliphatic carbocycles. The van der Waals surface area contributed by atoms with Gasteiger partial charge in [-0.1, -0.05) is 0 Å². The third-order valence-corrected chi connectivity index (χ3v) is 0.782. The first-order valence-corrected chi connectivity index (χ1v) is 2.24. The van der Waals surface area contributed by atoms with Gasteiger partial charge in [0.05, 0.1) is 11.9 Å². The Morgan fingerprint density at radius 2 is 1.18 bits per heavy atom. The van der Waals surface area contributed by atoms with E-state index in [2.05, 4.69) is 0 Å². The molecule has 0 saturated carbocycles. The molecule has 58 valence electrons. The SMILES string of the molecule is O=C([O-])C(O)C(O)C(=O)[O-].[Ti+4]. The van der Waals surface area contributed by atoms with E-state index in [1.54, 1.807) is 0 Å². The van der Waals surface area contributed by atoms with E-state index in [4.69, 9.17) is 10.2 Å². The Kier molecular flexibility index (Phi) is 6.30. The molecule has 2 N–H and O–H groups in total. The molecular weight excluding hydrogens is 192 g/mol. The number of rotatable bonds is 3. The largest absolute Gasteiger partial charge is 4.00 e. The molecule has 0 bridgehead atoms. The predicted molar refractivity (Wildman–Crippen MR) is 22.0 cm³/mol. The molecule has 11 heavy (non-hydrogen) atoms. The molecular formula is C4H4O6Ti+2. The van der Waals surface area contributed by atoms with Crippen LogP contribution >= 0.6 is 0 Å². The Hall–Kier alpha value is -0.426. The number of carbonyl (C=O) groups is 2. The van der Waals surface area contributed by atoms with Gasteiger partial charge < -0.3 is 30.0 Å². The Bertz CT molecular complexity index is 139. The van der Waals surface area contributed by atoms with Crippen LogP contribution in [0.15, 0.2) is 0 Å². The first kappa shape index (κ1) is 13.2. The number of aliphatic hydroxyl groups is 2. The zero-order valence-corrected chi connectivity index (χ0v) is 6.74. The van der Waals surface area contributed by atoms with Crippen molar-refractivity contribution in [1.29, 1.82) is 0 Å². The van der Waals surface area contributed by atoms with E-state index < -0.39 is 24.1 Å². The summed E-state index contributed by atoms with van der Waals surface area (Å²) in [5, 5.41) is 35.7. The fraction of sp³-hybridized carbons (Fsp3) is 0.500. The van der Waals surface area contributed by atoms with Crippen LogP contribution in [0.25, 0.3) is 0 Å². The van der Waals surface area contributed by atoms with Crippen LogP contribution in [0.2, 0.25) is 0 Å². The number of hydrogen-bond donors (Lipinski definition) is 2. The van der Waals surface area contributed by atoms with Gasteiger partial charge in [-0.05, 0) is 0 Å². The minimum atomic E-state index is -2.44. The topological polar surface area (TPSA) is 121 Å². The second kappa shape index (κ2) is 5.25. The van der Waals surface area contributed by atoms with Gasteiger partial charge in [-0.2, -0.15) is 0 Å². The molecule has 6 nitrogen and oxygen atoms in total. The summed E-state index contributed by atoms with van der Waals surface area (Å²) in [5.74, 6) is -4.12. The van der Waals surface area contributed by atoms with Crippen molar-refractivity contribution in [2.75, 3.05) is 0 Å². The standard InChI is InChI=1S/C4H6O6.Ti/c5-1(3(7)8)2(6)4(9)10;/h1-2,5-6H,(H,7,8)(H,9,10);/q;+4/p-2. The normalized spacial score (nSPS) is 14.4. The molecule has 0 heterocycles. The van der Waals surface area contributed by atoms with E-state index in [9.17, 15) is 19.8 Å². The van der Waals surface area contributed by atoms with Gasteiger partial charge in [-0.15, -0.1) is 0 Å². The first-order chi connectivity index (χ1) is 4.46. The monoisotopic (exact) mass is 196 g/mol. The molecule has 0 aromatic heterocycles. The summed E-state index contributed by atoms with van der Waals surface area (Å²) in [5.41, 5.74) is 0. The Balaban J connectivity index is 0. The summed E-state index contributed by atoms with van der Waals surface area (Å²) in [6, 6.07) is 0. The Morgan fingerprint density at radius 3 is 1.27 bits per heavy atom. The van der Waals surface area contributed by atoms with E-state index in [0.717, 1.165) is 0 Å². The van der Waals surface area contributed by atoms with Gasteiger partial charge in [0, 0.05) is 0 Å². The van der Waals surface area contributed by atoms with Crippen molar-refractivity contribution in [2.24, 2.45) is 0 Å². The molecule has 0 aliphatic heterocycles. The number of carboxylic acids is 2. The van der Waals surface area contributed by atoms with Crippen LogP contribution < -0.4 is 10.2 Å². The summed E-state index contributed by atoms with van der Waals surface area (Å²) >= 11 is 0. The van der Waals surface area contributed by atoms with E-state index in [0.29, 0.717) is 0 Å². The van der Waals surface area contributed by atoms with Crippen molar-refractivity contribution in [3.63, 3.8) is 0 Å². The van der Waals surface area contributed by atoms with E-state index in [-0.39, 0.29) is 21.7 Å². The van der Waals surface area contributed by atoms with Gasteiger partial charge in [0.15, 0.2) is 0 Å². The van der Waals surface area contributed by atoms with E-state index >= 15 is 0 Å². The quantitative estimate of drug-likeness (QED) is 0.437. The maximum atomic E-state index is 9.63. The van der Waals surface area contributed by atoms with E-state index in [1.807, 2.05) is 0 Å². The maximum Gasteiger partial charge on any atom is 4.00 e. The third kappa shape index (κ3) is 4.10. The predicted octanol–water partition coefficient (Wildman–Crippen LogP) is -4.79. The van der Waals surface area contributed by atoms with Crippen LogP contribution in [0.3, 0.4) is 0 Å². The molecule has 0 spiro atoms. The van der Waals surface area contributed by atoms with Gasteiger partial charge in [-0.25, -0.2) is 0 Å². The fourth-order valence-corrected chi connectivity index (χ4v) is 0.258. The molecule has 0 fully saturated rings. The van der Waals surface area contributed by atoms with E-state index in [1.165, 1.54) is 0 Å². The average molecular weight is 196 g/mol. The van der Waals surface area contributed by atoms with Crippen molar-refractivity contribution in [2.45, 2.75) is 12.2 Å². The maximum absolute atomic E-state index is 9.63. The fourth-order valence-electron chi connectivity index (χ4n) is 0.258. The zero-order valence-electron chi connectivity index (χ0n) is 5.18. The number of hydrogen-bond acceptors (Lipinski definition) is 6. The van der Waals surface area contributed by atoms with Crippen LogP contribution in [0.4, 0.5) is 0 Å². The number of aliphatic hydroxyl groups excluding tert-OH is 2. The third-order valence-electron chi connectivity index (χ3n) is 0.782. The summed E-state index contributed by atoms with van der Waals surface area (Å²) in [6.07, 6.45) is -4.88. The average Bonchev–Trinajstić information content (AvgIpc) is 1.84.